The van der Waals surface area contributed by atoms with E-state index in [-0.39, 0.29) is 27.3 Å². The molecule has 136 valence electrons. The third-order valence-electron chi connectivity index (χ3n) is 3.64. The van der Waals surface area contributed by atoms with E-state index in [1.54, 1.807) is 0 Å². The normalized spacial score (nSPS) is 11.9. The zero-order valence-corrected chi connectivity index (χ0v) is 14.7. The van der Waals surface area contributed by atoms with Crippen LogP contribution in [0.25, 0.3) is 10.2 Å². The van der Waals surface area contributed by atoms with Crippen molar-refractivity contribution in [1.82, 2.24) is 14.3 Å². The second-order valence-electron chi connectivity index (χ2n) is 5.23. The van der Waals surface area contributed by atoms with Gasteiger partial charge < -0.3 is 9.30 Å². The Hall–Kier alpha value is -2.88. The number of hydrogen-bond donors (Lipinski definition) is 0. The van der Waals surface area contributed by atoms with E-state index in [1.165, 1.54) is 28.6 Å². The van der Waals surface area contributed by atoms with Gasteiger partial charge in [-0.25, -0.2) is 8.78 Å². The minimum atomic E-state index is -0.854. The predicted octanol–water partition coefficient (Wildman–Crippen LogP) is 2.11. The number of carbonyl (C=O) groups is 2. The number of rotatable bonds is 4. The number of hydrogen-bond acceptors (Lipinski definition) is 5. The average Bonchev–Trinajstić information content (AvgIpc) is 3.19. The fraction of sp³-hybridized carbons (Fsp3) is 0.250. The summed E-state index contributed by atoms with van der Waals surface area (Å²) in [6.07, 6.45) is 1.47. The molecule has 0 radical (unpaired) electrons. The number of halogens is 2. The molecule has 0 fully saturated rings. The zero-order chi connectivity index (χ0) is 18.8. The highest BCUT2D eigenvalue weighted by molar-refractivity contribution is 7.16. The number of benzene rings is 1. The SMILES string of the molecule is CCn1nccc1C(=O)N=c1sc2cc(F)cc(F)c2n1CC(=O)OC. The first-order chi connectivity index (χ1) is 12.4. The van der Waals surface area contributed by atoms with Gasteiger partial charge in [-0.3, -0.25) is 14.3 Å². The summed E-state index contributed by atoms with van der Waals surface area (Å²) in [6.45, 7) is 1.93. The summed E-state index contributed by atoms with van der Waals surface area (Å²) in [7, 11) is 1.19. The van der Waals surface area contributed by atoms with Crippen LogP contribution in [0.4, 0.5) is 8.78 Å². The molecule has 7 nitrogen and oxygen atoms in total. The molecule has 0 aliphatic heterocycles. The number of thiazole rings is 1. The Labute approximate surface area is 150 Å². The van der Waals surface area contributed by atoms with Gasteiger partial charge in [-0.05, 0) is 19.1 Å². The Morgan fingerprint density at radius 3 is 2.81 bits per heavy atom. The van der Waals surface area contributed by atoms with Crippen molar-refractivity contribution in [2.24, 2.45) is 4.99 Å². The van der Waals surface area contributed by atoms with Crippen LogP contribution in [0, 0.1) is 11.6 Å². The number of esters is 1. The molecule has 3 rings (SSSR count). The number of aromatic nitrogens is 3. The molecule has 0 aliphatic carbocycles. The molecule has 10 heteroatoms. The van der Waals surface area contributed by atoms with Crippen LogP contribution in [0.1, 0.15) is 17.4 Å². The molecule has 1 amide bonds. The molecule has 0 unspecified atom stereocenters. The van der Waals surface area contributed by atoms with E-state index < -0.39 is 23.5 Å². The zero-order valence-electron chi connectivity index (χ0n) is 13.9. The average molecular weight is 380 g/mol. The minimum Gasteiger partial charge on any atom is -0.468 e. The van der Waals surface area contributed by atoms with Gasteiger partial charge in [-0.2, -0.15) is 10.1 Å². The molecule has 0 atom stereocenters. The summed E-state index contributed by atoms with van der Waals surface area (Å²) in [4.78, 5) is 28.2. The molecule has 0 bridgehead atoms. The van der Waals surface area contributed by atoms with Crippen LogP contribution < -0.4 is 4.80 Å². The lowest BCUT2D eigenvalue weighted by atomic mass is 10.3. The van der Waals surface area contributed by atoms with Gasteiger partial charge >= 0.3 is 5.97 Å². The van der Waals surface area contributed by atoms with Gasteiger partial charge in [0.2, 0.25) is 0 Å². The largest absolute Gasteiger partial charge is 0.468 e. The summed E-state index contributed by atoms with van der Waals surface area (Å²) in [5.74, 6) is -2.87. The fourth-order valence-electron chi connectivity index (χ4n) is 2.47. The molecule has 0 N–H and O–H groups in total. The van der Waals surface area contributed by atoms with Crippen molar-refractivity contribution in [3.63, 3.8) is 0 Å². The van der Waals surface area contributed by atoms with Crippen LogP contribution in [0.3, 0.4) is 0 Å². The van der Waals surface area contributed by atoms with Gasteiger partial charge in [-0.15, -0.1) is 0 Å². The van der Waals surface area contributed by atoms with Crippen LogP contribution >= 0.6 is 11.3 Å². The van der Waals surface area contributed by atoms with Crippen LogP contribution in [-0.4, -0.2) is 33.3 Å². The monoisotopic (exact) mass is 380 g/mol. The van der Waals surface area contributed by atoms with Crippen molar-refractivity contribution in [2.75, 3.05) is 7.11 Å². The Kier molecular flexibility index (Phi) is 4.94. The van der Waals surface area contributed by atoms with Crippen molar-refractivity contribution in [3.05, 3.63) is 46.5 Å². The number of fused-ring (bicyclic) bond motifs is 1. The Morgan fingerprint density at radius 2 is 2.12 bits per heavy atom. The highest BCUT2D eigenvalue weighted by atomic mass is 32.1. The van der Waals surface area contributed by atoms with E-state index in [4.69, 9.17) is 0 Å². The molecular formula is C16H14F2N4O3S. The number of nitrogens with zero attached hydrogens (tertiary/aromatic N) is 4. The second kappa shape index (κ2) is 7.16. The van der Waals surface area contributed by atoms with E-state index in [0.717, 1.165) is 17.4 Å². The Morgan fingerprint density at radius 1 is 1.35 bits per heavy atom. The Bertz CT molecular complexity index is 1070. The van der Waals surface area contributed by atoms with Gasteiger partial charge in [0.1, 0.15) is 18.1 Å². The minimum absolute atomic E-state index is 0.0163. The van der Waals surface area contributed by atoms with E-state index in [2.05, 4.69) is 14.8 Å². The molecule has 1 aromatic carbocycles. The molecular weight excluding hydrogens is 366 g/mol. The van der Waals surface area contributed by atoms with Gasteiger partial charge in [0.25, 0.3) is 5.91 Å². The van der Waals surface area contributed by atoms with Crippen LogP contribution in [0.5, 0.6) is 0 Å². The number of ether oxygens (including phenoxy) is 1. The smallest absolute Gasteiger partial charge is 0.325 e. The topological polar surface area (TPSA) is 78.5 Å². The van der Waals surface area contributed by atoms with Crippen molar-refractivity contribution >= 4 is 33.4 Å². The van der Waals surface area contributed by atoms with Gasteiger partial charge in [0, 0.05) is 18.8 Å². The summed E-state index contributed by atoms with van der Waals surface area (Å²) >= 11 is 0.902. The van der Waals surface area contributed by atoms with Gasteiger partial charge in [0.05, 0.1) is 17.3 Å². The molecule has 2 heterocycles. The first kappa shape index (κ1) is 17.9. The van der Waals surface area contributed by atoms with Gasteiger partial charge in [0.15, 0.2) is 10.6 Å². The number of aryl methyl sites for hydroxylation is 1. The quantitative estimate of drug-likeness (QED) is 0.650. The molecule has 0 spiro atoms. The summed E-state index contributed by atoms with van der Waals surface area (Å²) < 4.78 is 35.3. The predicted molar refractivity (Wildman–Crippen MR) is 89.5 cm³/mol. The van der Waals surface area contributed by atoms with E-state index in [9.17, 15) is 18.4 Å². The second-order valence-corrected chi connectivity index (χ2v) is 6.24. The van der Waals surface area contributed by atoms with Crippen molar-refractivity contribution in [1.29, 1.82) is 0 Å². The molecule has 26 heavy (non-hydrogen) atoms. The lowest BCUT2D eigenvalue weighted by Crippen LogP contribution is -2.23. The summed E-state index contributed by atoms with van der Waals surface area (Å²) in [6, 6.07) is 3.34. The first-order valence-electron chi connectivity index (χ1n) is 7.60. The maximum atomic E-state index is 14.3. The Balaban J connectivity index is 2.21. The fourth-order valence-corrected chi connectivity index (χ4v) is 3.53. The molecule has 3 aromatic rings. The van der Waals surface area contributed by atoms with Crippen molar-refractivity contribution in [3.8, 4) is 0 Å². The first-order valence-corrected chi connectivity index (χ1v) is 8.42. The lowest BCUT2D eigenvalue weighted by molar-refractivity contribution is -0.141. The number of methoxy groups -OCH3 is 1. The number of carbonyl (C=O) groups excluding carboxylic acids is 2. The molecule has 2 aromatic heterocycles. The van der Waals surface area contributed by atoms with Crippen molar-refractivity contribution in [2.45, 2.75) is 20.0 Å². The standard InChI is InChI=1S/C16H14F2N4O3S/c1-3-22-11(4-5-19-22)15(24)20-16-21(8-13(23)25-2)14-10(18)6-9(17)7-12(14)26-16/h4-7H,3,8H2,1-2H3. The molecule has 0 saturated carbocycles. The summed E-state index contributed by atoms with van der Waals surface area (Å²) in [5.41, 5.74) is 0.235. The maximum Gasteiger partial charge on any atom is 0.325 e. The van der Waals surface area contributed by atoms with E-state index >= 15 is 0 Å². The molecule has 0 aliphatic rings. The third kappa shape index (κ3) is 3.27. The summed E-state index contributed by atoms with van der Waals surface area (Å²) in [5, 5.41) is 4.00. The lowest BCUT2D eigenvalue weighted by Gasteiger charge is -2.04. The number of amides is 1. The maximum absolute atomic E-state index is 14.3. The highest BCUT2D eigenvalue weighted by Gasteiger charge is 2.17. The van der Waals surface area contributed by atoms with Crippen LogP contribution in [-0.2, 0) is 22.6 Å². The third-order valence-corrected chi connectivity index (χ3v) is 4.67. The highest BCUT2D eigenvalue weighted by Crippen LogP contribution is 2.22. The van der Waals surface area contributed by atoms with Crippen LogP contribution in [0.2, 0.25) is 0 Å². The molecule has 0 saturated heterocycles. The van der Waals surface area contributed by atoms with Crippen LogP contribution in [0.15, 0.2) is 29.4 Å². The van der Waals surface area contributed by atoms with E-state index in [1.807, 2.05) is 6.92 Å². The van der Waals surface area contributed by atoms with E-state index in [0.29, 0.717) is 12.6 Å². The van der Waals surface area contributed by atoms with Gasteiger partial charge in [-0.1, -0.05) is 11.3 Å². The van der Waals surface area contributed by atoms with Crippen molar-refractivity contribution < 1.29 is 23.1 Å².